The average Bonchev–Trinajstić information content (AvgIpc) is 3.25. The van der Waals surface area contributed by atoms with Crippen LogP contribution in [0.15, 0.2) is 34.1 Å². The molecule has 0 saturated carbocycles. The van der Waals surface area contributed by atoms with Crippen LogP contribution in [0, 0.1) is 20.8 Å². The van der Waals surface area contributed by atoms with E-state index in [4.69, 9.17) is 13.9 Å². The third-order valence-electron chi connectivity index (χ3n) is 3.77. The summed E-state index contributed by atoms with van der Waals surface area (Å²) < 4.78 is 16.6. The van der Waals surface area contributed by atoms with Gasteiger partial charge in [-0.1, -0.05) is 23.8 Å². The first-order chi connectivity index (χ1) is 12.4. The molecule has 0 N–H and O–H groups in total. The number of carbonyl (C=O) groups excluding carboxylic acids is 1. The molecule has 6 nitrogen and oxygen atoms in total. The van der Waals surface area contributed by atoms with Crippen LogP contribution in [-0.2, 0) is 9.53 Å². The molecule has 3 aromatic rings. The van der Waals surface area contributed by atoms with Gasteiger partial charge in [-0.15, -0.1) is 21.5 Å². The Kier molecular flexibility index (Phi) is 5.37. The zero-order chi connectivity index (χ0) is 18.7. The summed E-state index contributed by atoms with van der Waals surface area (Å²) in [5.74, 6) is 0.884. The molecule has 7 heteroatoms. The minimum Gasteiger partial charge on any atom is -0.481 e. The Morgan fingerprint density at radius 3 is 2.62 bits per heavy atom. The second-order valence-corrected chi connectivity index (χ2v) is 7.02. The van der Waals surface area contributed by atoms with Gasteiger partial charge in [0.1, 0.15) is 5.75 Å². The van der Waals surface area contributed by atoms with Gasteiger partial charge in [-0.05, 0) is 50.3 Å². The van der Waals surface area contributed by atoms with E-state index < -0.39 is 12.1 Å². The molecule has 0 radical (unpaired) electrons. The highest BCUT2D eigenvalue weighted by atomic mass is 32.1. The third-order valence-corrected chi connectivity index (χ3v) is 4.63. The number of nitrogens with zero attached hydrogens (tertiary/aromatic N) is 2. The van der Waals surface area contributed by atoms with Crippen molar-refractivity contribution in [3.63, 3.8) is 0 Å². The van der Waals surface area contributed by atoms with Crippen LogP contribution in [-0.4, -0.2) is 22.8 Å². The number of ether oxygens (including phenoxy) is 2. The number of aromatic nitrogens is 2. The van der Waals surface area contributed by atoms with Crippen molar-refractivity contribution in [2.45, 2.75) is 33.8 Å². The molecule has 3 rings (SSSR count). The van der Waals surface area contributed by atoms with E-state index in [1.165, 1.54) is 11.3 Å². The Balaban J connectivity index is 1.58. The quantitative estimate of drug-likeness (QED) is 0.597. The van der Waals surface area contributed by atoms with E-state index >= 15 is 0 Å². The highest BCUT2D eigenvalue weighted by molar-refractivity contribution is 7.13. The number of benzene rings is 1. The fraction of sp³-hybridized carbons (Fsp3) is 0.316. The number of rotatable bonds is 6. The summed E-state index contributed by atoms with van der Waals surface area (Å²) in [6.07, 6.45) is -0.646. The zero-order valence-corrected chi connectivity index (χ0v) is 15.9. The SMILES string of the molecule is Cc1cc(C)c(OCC(=O)O[C@@H](C)c2nnc(-c3cccs3)o2)c(C)c1. The number of hydrogen-bond donors (Lipinski definition) is 0. The minimum atomic E-state index is -0.646. The van der Waals surface area contributed by atoms with Crippen LogP contribution >= 0.6 is 11.3 Å². The molecular formula is C19H20N2O4S. The molecule has 26 heavy (non-hydrogen) atoms. The predicted molar refractivity (Wildman–Crippen MR) is 98.3 cm³/mol. The Bertz CT molecular complexity index is 879. The van der Waals surface area contributed by atoms with Crippen LogP contribution in [0.1, 0.15) is 35.6 Å². The molecule has 0 spiro atoms. The number of thiophene rings is 1. The van der Waals surface area contributed by atoms with Crippen molar-refractivity contribution in [2.24, 2.45) is 0 Å². The number of hydrogen-bond acceptors (Lipinski definition) is 7. The molecule has 0 fully saturated rings. The molecule has 2 heterocycles. The van der Waals surface area contributed by atoms with E-state index in [9.17, 15) is 4.79 Å². The molecule has 0 unspecified atom stereocenters. The van der Waals surface area contributed by atoms with Crippen LogP contribution in [0.2, 0.25) is 0 Å². The van der Waals surface area contributed by atoms with Crippen molar-refractivity contribution in [3.05, 3.63) is 52.2 Å². The van der Waals surface area contributed by atoms with E-state index in [-0.39, 0.29) is 12.5 Å². The third kappa shape index (κ3) is 4.11. The van der Waals surface area contributed by atoms with E-state index in [0.29, 0.717) is 11.6 Å². The van der Waals surface area contributed by atoms with Crippen LogP contribution in [0.25, 0.3) is 10.8 Å². The standard InChI is InChI=1S/C19H20N2O4S/c1-11-8-12(2)17(13(3)9-11)23-10-16(22)24-14(4)18-20-21-19(25-18)15-6-5-7-26-15/h5-9,14H,10H2,1-4H3/t14-/m0/s1. The molecule has 1 atom stereocenters. The van der Waals surface area contributed by atoms with Gasteiger partial charge in [0.15, 0.2) is 12.7 Å². The summed E-state index contributed by atoms with van der Waals surface area (Å²) in [6.45, 7) is 7.43. The first-order valence-electron chi connectivity index (χ1n) is 8.21. The highest BCUT2D eigenvalue weighted by Gasteiger charge is 2.20. The largest absolute Gasteiger partial charge is 0.481 e. The Morgan fingerprint density at radius 1 is 1.23 bits per heavy atom. The monoisotopic (exact) mass is 372 g/mol. The van der Waals surface area contributed by atoms with Gasteiger partial charge in [0, 0.05) is 0 Å². The lowest BCUT2D eigenvalue weighted by molar-refractivity contribution is -0.152. The Morgan fingerprint density at radius 2 is 1.96 bits per heavy atom. The molecule has 0 aliphatic rings. The average molecular weight is 372 g/mol. The smallest absolute Gasteiger partial charge is 0.344 e. The van der Waals surface area contributed by atoms with Crippen LogP contribution in [0.4, 0.5) is 0 Å². The normalized spacial score (nSPS) is 12.0. The lowest BCUT2D eigenvalue weighted by atomic mass is 10.1. The van der Waals surface area contributed by atoms with E-state index in [0.717, 1.165) is 21.6 Å². The van der Waals surface area contributed by atoms with Crippen LogP contribution in [0.5, 0.6) is 5.75 Å². The number of esters is 1. The van der Waals surface area contributed by atoms with Crippen molar-refractivity contribution >= 4 is 17.3 Å². The van der Waals surface area contributed by atoms with Gasteiger partial charge in [0.25, 0.3) is 11.8 Å². The lowest BCUT2D eigenvalue weighted by Crippen LogP contribution is -2.17. The molecule has 0 aliphatic carbocycles. The van der Waals surface area contributed by atoms with Crippen LogP contribution < -0.4 is 4.74 Å². The molecule has 2 aromatic heterocycles. The summed E-state index contributed by atoms with van der Waals surface area (Å²) in [5, 5.41) is 9.86. The van der Waals surface area contributed by atoms with Crippen molar-refractivity contribution in [3.8, 4) is 16.5 Å². The maximum atomic E-state index is 12.1. The number of carbonyl (C=O) groups is 1. The second-order valence-electron chi connectivity index (χ2n) is 6.07. The zero-order valence-electron chi connectivity index (χ0n) is 15.1. The summed E-state index contributed by atoms with van der Waals surface area (Å²) in [5.41, 5.74) is 3.13. The topological polar surface area (TPSA) is 74.5 Å². The van der Waals surface area contributed by atoms with E-state index in [2.05, 4.69) is 10.2 Å². The van der Waals surface area contributed by atoms with Gasteiger partial charge in [0.2, 0.25) is 0 Å². The molecule has 0 bridgehead atoms. The fourth-order valence-electron chi connectivity index (χ4n) is 2.71. The Hall–Kier alpha value is -2.67. The molecule has 0 aliphatic heterocycles. The van der Waals surface area contributed by atoms with E-state index in [1.54, 1.807) is 6.92 Å². The maximum Gasteiger partial charge on any atom is 0.344 e. The van der Waals surface area contributed by atoms with Crippen molar-refractivity contribution < 1.29 is 18.7 Å². The van der Waals surface area contributed by atoms with Crippen molar-refractivity contribution in [2.75, 3.05) is 6.61 Å². The van der Waals surface area contributed by atoms with Gasteiger partial charge in [-0.25, -0.2) is 4.79 Å². The predicted octanol–water partition coefficient (Wildman–Crippen LogP) is 4.41. The Labute approximate surface area is 155 Å². The van der Waals surface area contributed by atoms with Gasteiger partial charge in [0.05, 0.1) is 4.88 Å². The number of aryl methyl sites for hydroxylation is 3. The van der Waals surface area contributed by atoms with Gasteiger partial charge in [-0.3, -0.25) is 0 Å². The van der Waals surface area contributed by atoms with Gasteiger partial charge < -0.3 is 13.9 Å². The molecular weight excluding hydrogens is 352 g/mol. The van der Waals surface area contributed by atoms with Crippen molar-refractivity contribution in [1.29, 1.82) is 0 Å². The molecule has 0 saturated heterocycles. The lowest BCUT2D eigenvalue weighted by Gasteiger charge is -2.14. The highest BCUT2D eigenvalue weighted by Crippen LogP contribution is 2.27. The van der Waals surface area contributed by atoms with Crippen molar-refractivity contribution in [1.82, 2.24) is 10.2 Å². The summed E-state index contributed by atoms with van der Waals surface area (Å²) in [7, 11) is 0. The minimum absolute atomic E-state index is 0.180. The first kappa shape index (κ1) is 18.1. The first-order valence-corrected chi connectivity index (χ1v) is 9.09. The fourth-order valence-corrected chi connectivity index (χ4v) is 3.35. The second kappa shape index (κ2) is 7.70. The summed E-state index contributed by atoms with van der Waals surface area (Å²) in [6, 6.07) is 7.82. The molecule has 136 valence electrons. The summed E-state index contributed by atoms with van der Waals surface area (Å²) in [4.78, 5) is 13.0. The van der Waals surface area contributed by atoms with Gasteiger partial charge in [-0.2, -0.15) is 0 Å². The summed E-state index contributed by atoms with van der Waals surface area (Å²) >= 11 is 1.50. The molecule has 0 amide bonds. The maximum absolute atomic E-state index is 12.1. The van der Waals surface area contributed by atoms with E-state index in [1.807, 2.05) is 50.4 Å². The molecule has 1 aromatic carbocycles. The van der Waals surface area contributed by atoms with Gasteiger partial charge >= 0.3 is 5.97 Å². The van der Waals surface area contributed by atoms with Crippen LogP contribution in [0.3, 0.4) is 0 Å².